The Balaban J connectivity index is 2.66. The van der Waals surface area contributed by atoms with Gasteiger partial charge in [0.1, 0.15) is 0 Å². The molecular weight excluding hydrogens is 232 g/mol. The molecule has 0 radical (unpaired) electrons. The summed E-state index contributed by atoms with van der Waals surface area (Å²) in [5.41, 5.74) is 2.49. The van der Waals surface area contributed by atoms with Gasteiger partial charge in [-0.3, -0.25) is 0 Å². The van der Waals surface area contributed by atoms with Crippen LogP contribution in [0.4, 0.5) is 0 Å². The molecule has 0 amide bonds. The monoisotopic (exact) mass is 250 g/mol. The minimum Gasteiger partial charge on any atom is -0.343 e. The lowest BCUT2D eigenvalue weighted by Crippen LogP contribution is -2.10. The number of fused-ring (bicyclic) bond motifs is 1. The molecule has 1 aromatic carbocycles. The van der Waals surface area contributed by atoms with Crippen LogP contribution in [0.5, 0.6) is 0 Å². The molecule has 2 rings (SSSR count). The third-order valence-corrected chi connectivity index (χ3v) is 3.23. The molecule has 0 saturated heterocycles. The summed E-state index contributed by atoms with van der Waals surface area (Å²) in [6.07, 6.45) is 2.22. The Bertz CT molecular complexity index is 526. The normalized spacial score (nSPS) is 11.9. The Labute approximate surface area is 108 Å². The van der Waals surface area contributed by atoms with Crippen LogP contribution in [0.25, 0.3) is 10.9 Å². The third-order valence-electron chi connectivity index (χ3n) is 2.93. The smallest absolute Gasteiger partial charge is 0.0675 e. The molecule has 0 aliphatic carbocycles. The molecule has 0 aliphatic heterocycles. The number of rotatable bonds is 3. The SMILES string of the molecule is CC(C)n1cc(CN(C)C)c2cccc(Cl)c21. The van der Waals surface area contributed by atoms with Gasteiger partial charge in [-0.15, -0.1) is 0 Å². The van der Waals surface area contributed by atoms with Crippen LogP contribution in [0.1, 0.15) is 25.5 Å². The highest BCUT2D eigenvalue weighted by Crippen LogP contribution is 2.30. The van der Waals surface area contributed by atoms with Crippen molar-refractivity contribution in [3.05, 3.63) is 35.0 Å². The van der Waals surface area contributed by atoms with Gasteiger partial charge in [-0.25, -0.2) is 0 Å². The average Bonchev–Trinajstić information content (AvgIpc) is 2.58. The molecule has 1 aromatic heterocycles. The second kappa shape index (κ2) is 4.71. The average molecular weight is 251 g/mol. The summed E-state index contributed by atoms with van der Waals surface area (Å²) < 4.78 is 2.26. The Kier molecular flexibility index (Phi) is 3.45. The highest BCUT2D eigenvalue weighted by atomic mass is 35.5. The molecule has 0 aliphatic rings. The first kappa shape index (κ1) is 12.5. The molecule has 0 atom stereocenters. The lowest BCUT2D eigenvalue weighted by atomic mass is 10.1. The van der Waals surface area contributed by atoms with Gasteiger partial charge in [0, 0.05) is 24.2 Å². The summed E-state index contributed by atoms with van der Waals surface area (Å²) in [6, 6.07) is 6.56. The Morgan fingerprint density at radius 2 is 2.00 bits per heavy atom. The van der Waals surface area contributed by atoms with Crippen molar-refractivity contribution in [3.63, 3.8) is 0 Å². The molecule has 0 saturated carbocycles. The number of aromatic nitrogens is 1. The fourth-order valence-electron chi connectivity index (χ4n) is 2.21. The Morgan fingerprint density at radius 1 is 1.29 bits per heavy atom. The highest BCUT2D eigenvalue weighted by Gasteiger charge is 2.13. The summed E-state index contributed by atoms with van der Waals surface area (Å²) in [4.78, 5) is 2.18. The van der Waals surface area contributed by atoms with Crippen LogP contribution in [-0.4, -0.2) is 23.6 Å². The van der Waals surface area contributed by atoms with Crippen molar-refractivity contribution in [2.45, 2.75) is 26.4 Å². The predicted octanol–water partition coefficient (Wildman–Crippen LogP) is 3.94. The van der Waals surface area contributed by atoms with E-state index in [9.17, 15) is 0 Å². The number of para-hydroxylation sites is 1. The van der Waals surface area contributed by atoms with E-state index in [2.05, 4.69) is 49.7 Å². The maximum absolute atomic E-state index is 6.32. The van der Waals surface area contributed by atoms with Gasteiger partial charge in [-0.1, -0.05) is 23.7 Å². The lowest BCUT2D eigenvalue weighted by molar-refractivity contribution is 0.403. The van der Waals surface area contributed by atoms with Gasteiger partial charge in [0.2, 0.25) is 0 Å². The second-order valence-electron chi connectivity index (χ2n) is 5.03. The van der Waals surface area contributed by atoms with Crippen molar-refractivity contribution in [1.29, 1.82) is 0 Å². The number of hydrogen-bond donors (Lipinski definition) is 0. The van der Waals surface area contributed by atoms with Crippen LogP contribution in [0, 0.1) is 0 Å². The summed E-state index contributed by atoms with van der Waals surface area (Å²) in [7, 11) is 4.17. The van der Waals surface area contributed by atoms with Crippen molar-refractivity contribution >= 4 is 22.5 Å². The molecule has 0 unspecified atom stereocenters. The second-order valence-corrected chi connectivity index (χ2v) is 5.44. The molecule has 1 heterocycles. The van der Waals surface area contributed by atoms with Crippen LogP contribution in [0.2, 0.25) is 5.02 Å². The summed E-state index contributed by atoms with van der Waals surface area (Å²) in [6.45, 7) is 5.31. The maximum Gasteiger partial charge on any atom is 0.0675 e. The third kappa shape index (κ3) is 2.33. The minimum atomic E-state index is 0.424. The number of hydrogen-bond acceptors (Lipinski definition) is 1. The fourth-order valence-corrected chi connectivity index (χ4v) is 2.48. The molecule has 0 fully saturated rings. The molecule has 2 nitrogen and oxygen atoms in total. The van der Waals surface area contributed by atoms with E-state index in [0.29, 0.717) is 6.04 Å². The van der Waals surface area contributed by atoms with Crippen molar-refractivity contribution in [2.24, 2.45) is 0 Å². The number of benzene rings is 1. The van der Waals surface area contributed by atoms with Crippen LogP contribution in [-0.2, 0) is 6.54 Å². The van der Waals surface area contributed by atoms with E-state index in [0.717, 1.165) is 17.1 Å². The van der Waals surface area contributed by atoms with E-state index in [-0.39, 0.29) is 0 Å². The highest BCUT2D eigenvalue weighted by molar-refractivity contribution is 6.35. The fraction of sp³-hybridized carbons (Fsp3) is 0.429. The van der Waals surface area contributed by atoms with E-state index in [1.165, 1.54) is 10.9 Å². The standard InChI is InChI=1S/C14H19ClN2/c1-10(2)17-9-11(8-16(3)4)12-6-5-7-13(15)14(12)17/h5-7,9-10H,8H2,1-4H3. The number of halogens is 1. The van der Waals surface area contributed by atoms with Gasteiger partial charge in [0.25, 0.3) is 0 Å². The van der Waals surface area contributed by atoms with Crippen LogP contribution < -0.4 is 0 Å². The number of nitrogens with zero attached hydrogens (tertiary/aromatic N) is 2. The quantitative estimate of drug-likeness (QED) is 0.801. The summed E-state index contributed by atoms with van der Waals surface area (Å²) >= 11 is 6.32. The minimum absolute atomic E-state index is 0.424. The van der Waals surface area contributed by atoms with Crippen molar-refractivity contribution in [3.8, 4) is 0 Å². The van der Waals surface area contributed by atoms with Crippen LogP contribution in [0.3, 0.4) is 0 Å². The van der Waals surface area contributed by atoms with Crippen LogP contribution >= 0.6 is 11.6 Å². The zero-order chi connectivity index (χ0) is 12.6. The largest absolute Gasteiger partial charge is 0.343 e. The Morgan fingerprint density at radius 3 is 2.59 bits per heavy atom. The van der Waals surface area contributed by atoms with Crippen molar-refractivity contribution < 1.29 is 0 Å². The topological polar surface area (TPSA) is 8.17 Å². The van der Waals surface area contributed by atoms with E-state index in [1.807, 2.05) is 12.1 Å². The first-order valence-corrected chi connectivity index (χ1v) is 6.31. The molecular formula is C14H19ClN2. The molecule has 3 heteroatoms. The Hall–Kier alpha value is -0.990. The van der Waals surface area contributed by atoms with Crippen molar-refractivity contribution in [1.82, 2.24) is 9.47 Å². The molecule has 0 spiro atoms. The van der Waals surface area contributed by atoms with Gasteiger partial charge in [0.05, 0.1) is 10.5 Å². The van der Waals surface area contributed by atoms with Crippen LogP contribution in [0.15, 0.2) is 24.4 Å². The zero-order valence-corrected chi connectivity index (χ0v) is 11.6. The summed E-state index contributed by atoms with van der Waals surface area (Å²) in [5, 5.41) is 2.10. The first-order chi connectivity index (χ1) is 8.00. The molecule has 17 heavy (non-hydrogen) atoms. The van der Waals surface area contributed by atoms with Gasteiger partial charge in [-0.2, -0.15) is 0 Å². The van der Waals surface area contributed by atoms with Gasteiger partial charge in [0.15, 0.2) is 0 Å². The maximum atomic E-state index is 6.32. The zero-order valence-electron chi connectivity index (χ0n) is 10.9. The predicted molar refractivity (Wildman–Crippen MR) is 74.7 cm³/mol. The molecule has 0 bridgehead atoms. The van der Waals surface area contributed by atoms with Crippen molar-refractivity contribution in [2.75, 3.05) is 14.1 Å². The van der Waals surface area contributed by atoms with Gasteiger partial charge in [-0.05, 0) is 39.6 Å². The van der Waals surface area contributed by atoms with Gasteiger partial charge < -0.3 is 9.47 Å². The first-order valence-electron chi connectivity index (χ1n) is 5.93. The van der Waals surface area contributed by atoms with Gasteiger partial charge >= 0.3 is 0 Å². The molecule has 92 valence electrons. The molecule has 2 aromatic rings. The van der Waals surface area contributed by atoms with E-state index < -0.39 is 0 Å². The summed E-state index contributed by atoms with van der Waals surface area (Å²) in [5.74, 6) is 0. The molecule has 0 N–H and O–H groups in total. The van der Waals surface area contributed by atoms with E-state index >= 15 is 0 Å². The lowest BCUT2D eigenvalue weighted by Gasteiger charge is -2.09. The van der Waals surface area contributed by atoms with E-state index in [1.54, 1.807) is 0 Å². The van der Waals surface area contributed by atoms with E-state index in [4.69, 9.17) is 11.6 Å².